The summed E-state index contributed by atoms with van der Waals surface area (Å²) >= 11 is 3.28. The Kier molecular flexibility index (Phi) is 3.47. The van der Waals surface area contributed by atoms with E-state index in [1.807, 2.05) is 6.07 Å². The summed E-state index contributed by atoms with van der Waals surface area (Å²) in [6.45, 7) is 1.80. The second kappa shape index (κ2) is 4.89. The Morgan fingerprint density at radius 1 is 1.22 bits per heavy atom. The lowest BCUT2D eigenvalue weighted by molar-refractivity contribution is 0.416. The lowest BCUT2D eigenvalue weighted by atomic mass is 10.2. The quantitative estimate of drug-likeness (QED) is 0.917. The van der Waals surface area contributed by atoms with Crippen LogP contribution in [0.2, 0.25) is 0 Å². The molecule has 94 valence electrons. The standard InChI is InChI=1S/C12H9BrF2N2O/c1-6-2-3-7(13)4-10(6)18-12-9(15)5-8(14)11(16)17-12/h2-5H,1H3,(H2,16,17). The maximum Gasteiger partial charge on any atom is 0.258 e. The van der Waals surface area contributed by atoms with Gasteiger partial charge in [0, 0.05) is 10.5 Å². The van der Waals surface area contributed by atoms with Crippen LogP contribution in [0, 0.1) is 18.6 Å². The molecule has 0 fully saturated rings. The number of anilines is 1. The summed E-state index contributed by atoms with van der Waals surface area (Å²) in [6, 6.07) is 5.93. The van der Waals surface area contributed by atoms with Crippen molar-refractivity contribution in [2.75, 3.05) is 5.73 Å². The van der Waals surface area contributed by atoms with Crippen molar-refractivity contribution in [1.82, 2.24) is 4.98 Å². The van der Waals surface area contributed by atoms with Gasteiger partial charge in [-0.2, -0.15) is 4.98 Å². The largest absolute Gasteiger partial charge is 0.436 e. The van der Waals surface area contributed by atoms with Crippen LogP contribution in [0.1, 0.15) is 5.56 Å². The molecule has 0 unspecified atom stereocenters. The number of rotatable bonds is 2. The molecule has 1 aromatic heterocycles. The first-order chi connectivity index (χ1) is 8.47. The predicted molar refractivity (Wildman–Crippen MR) is 67.5 cm³/mol. The molecule has 18 heavy (non-hydrogen) atoms. The zero-order valence-corrected chi connectivity index (χ0v) is 11.0. The third-order valence-corrected chi connectivity index (χ3v) is 2.77. The van der Waals surface area contributed by atoms with Crippen molar-refractivity contribution >= 4 is 21.7 Å². The average Bonchev–Trinajstić information content (AvgIpc) is 2.30. The summed E-state index contributed by atoms with van der Waals surface area (Å²) in [5.74, 6) is -2.15. The van der Waals surface area contributed by atoms with Crippen LogP contribution in [-0.4, -0.2) is 4.98 Å². The Labute approximate surface area is 111 Å². The van der Waals surface area contributed by atoms with E-state index in [1.165, 1.54) is 0 Å². The first-order valence-corrected chi connectivity index (χ1v) is 5.82. The Hall–Kier alpha value is -1.69. The van der Waals surface area contributed by atoms with E-state index in [1.54, 1.807) is 19.1 Å². The molecular weight excluding hydrogens is 306 g/mol. The Bertz CT molecular complexity index is 605. The molecule has 0 spiro atoms. The van der Waals surface area contributed by atoms with Gasteiger partial charge in [0.1, 0.15) is 5.75 Å². The first kappa shape index (κ1) is 12.8. The molecule has 0 saturated heterocycles. The smallest absolute Gasteiger partial charge is 0.258 e. The van der Waals surface area contributed by atoms with Crippen molar-refractivity contribution in [2.45, 2.75) is 6.92 Å². The van der Waals surface area contributed by atoms with Gasteiger partial charge in [0.2, 0.25) is 0 Å². The van der Waals surface area contributed by atoms with Gasteiger partial charge in [-0.05, 0) is 24.6 Å². The lowest BCUT2D eigenvalue weighted by Gasteiger charge is -2.09. The monoisotopic (exact) mass is 314 g/mol. The van der Waals surface area contributed by atoms with E-state index in [0.29, 0.717) is 11.8 Å². The van der Waals surface area contributed by atoms with Crippen LogP contribution in [-0.2, 0) is 0 Å². The number of hydrogen-bond donors (Lipinski definition) is 1. The molecular formula is C12H9BrF2N2O. The maximum absolute atomic E-state index is 13.5. The molecule has 0 radical (unpaired) electrons. The van der Waals surface area contributed by atoms with Crippen molar-refractivity contribution < 1.29 is 13.5 Å². The third kappa shape index (κ3) is 2.59. The number of halogens is 3. The van der Waals surface area contributed by atoms with Crippen molar-refractivity contribution in [3.05, 3.63) is 45.9 Å². The summed E-state index contributed by atoms with van der Waals surface area (Å²) in [4.78, 5) is 3.53. The number of aryl methyl sites for hydroxylation is 1. The van der Waals surface area contributed by atoms with E-state index in [0.717, 1.165) is 10.0 Å². The Morgan fingerprint density at radius 3 is 2.67 bits per heavy atom. The minimum Gasteiger partial charge on any atom is -0.436 e. The maximum atomic E-state index is 13.5. The fraction of sp³-hybridized carbons (Fsp3) is 0.0833. The van der Waals surface area contributed by atoms with Crippen molar-refractivity contribution in [1.29, 1.82) is 0 Å². The molecule has 2 aromatic rings. The molecule has 0 bridgehead atoms. The molecule has 2 N–H and O–H groups in total. The topological polar surface area (TPSA) is 48.1 Å². The minimum atomic E-state index is -0.911. The number of pyridine rings is 1. The molecule has 0 saturated carbocycles. The summed E-state index contributed by atoms with van der Waals surface area (Å²) in [7, 11) is 0. The minimum absolute atomic E-state index is 0.352. The van der Waals surface area contributed by atoms with E-state index in [9.17, 15) is 8.78 Å². The first-order valence-electron chi connectivity index (χ1n) is 5.03. The van der Waals surface area contributed by atoms with Gasteiger partial charge in [0.05, 0.1) is 0 Å². The van der Waals surface area contributed by atoms with E-state index in [-0.39, 0.29) is 5.88 Å². The van der Waals surface area contributed by atoms with Crippen LogP contribution >= 0.6 is 15.9 Å². The highest BCUT2D eigenvalue weighted by Gasteiger charge is 2.13. The predicted octanol–water partition coefficient (Wildman–Crippen LogP) is 3.81. The fourth-order valence-corrected chi connectivity index (χ4v) is 1.66. The summed E-state index contributed by atoms with van der Waals surface area (Å²) in [6.07, 6.45) is 0. The zero-order chi connectivity index (χ0) is 13.3. The van der Waals surface area contributed by atoms with Crippen LogP contribution in [0.4, 0.5) is 14.6 Å². The van der Waals surface area contributed by atoms with Gasteiger partial charge in [-0.15, -0.1) is 0 Å². The number of hydrogen-bond acceptors (Lipinski definition) is 3. The molecule has 3 nitrogen and oxygen atoms in total. The van der Waals surface area contributed by atoms with E-state index >= 15 is 0 Å². The highest BCUT2D eigenvalue weighted by molar-refractivity contribution is 9.10. The molecule has 2 rings (SSSR count). The molecule has 0 atom stereocenters. The lowest BCUT2D eigenvalue weighted by Crippen LogP contribution is -2.00. The Balaban J connectivity index is 2.40. The summed E-state index contributed by atoms with van der Waals surface area (Å²) < 4.78 is 32.5. The van der Waals surface area contributed by atoms with Gasteiger partial charge < -0.3 is 10.5 Å². The van der Waals surface area contributed by atoms with E-state index < -0.39 is 17.5 Å². The number of nitrogens with two attached hydrogens (primary N) is 1. The van der Waals surface area contributed by atoms with E-state index in [4.69, 9.17) is 10.5 Å². The van der Waals surface area contributed by atoms with Crippen molar-refractivity contribution in [3.8, 4) is 11.6 Å². The molecule has 0 amide bonds. The molecule has 0 aliphatic heterocycles. The average molecular weight is 315 g/mol. The molecule has 0 aliphatic rings. The highest BCUT2D eigenvalue weighted by atomic mass is 79.9. The van der Waals surface area contributed by atoms with Gasteiger partial charge in [0.15, 0.2) is 17.5 Å². The molecule has 0 aliphatic carbocycles. The second-order valence-electron chi connectivity index (χ2n) is 3.65. The number of ether oxygens (including phenoxy) is 1. The van der Waals surface area contributed by atoms with Crippen LogP contribution in [0.15, 0.2) is 28.7 Å². The van der Waals surface area contributed by atoms with Crippen LogP contribution in [0.5, 0.6) is 11.6 Å². The van der Waals surface area contributed by atoms with Crippen LogP contribution in [0.25, 0.3) is 0 Å². The van der Waals surface area contributed by atoms with Crippen molar-refractivity contribution in [3.63, 3.8) is 0 Å². The second-order valence-corrected chi connectivity index (χ2v) is 4.57. The molecule has 1 aromatic carbocycles. The van der Waals surface area contributed by atoms with Gasteiger partial charge in [-0.25, -0.2) is 8.78 Å². The van der Waals surface area contributed by atoms with Gasteiger partial charge in [0.25, 0.3) is 5.88 Å². The van der Waals surface area contributed by atoms with Gasteiger partial charge in [-0.3, -0.25) is 0 Å². The summed E-state index contributed by atoms with van der Waals surface area (Å²) in [5.41, 5.74) is 6.06. The summed E-state index contributed by atoms with van der Waals surface area (Å²) in [5, 5.41) is 0. The molecule has 1 heterocycles. The van der Waals surface area contributed by atoms with E-state index in [2.05, 4.69) is 20.9 Å². The fourth-order valence-electron chi connectivity index (χ4n) is 1.32. The number of aromatic nitrogens is 1. The number of benzene rings is 1. The highest BCUT2D eigenvalue weighted by Crippen LogP contribution is 2.29. The van der Waals surface area contributed by atoms with Crippen LogP contribution < -0.4 is 10.5 Å². The van der Waals surface area contributed by atoms with Crippen LogP contribution in [0.3, 0.4) is 0 Å². The van der Waals surface area contributed by atoms with Crippen molar-refractivity contribution in [2.24, 2.45) is 0 Å². The van der Waals surface area contributed by atoms with Gasteiger partial charge in [-0.1, -0.05) is 22.0 Å². The third-order valence-electron chi connectivity index (χ3n) is 2.28. The zero-order valence-electron chi connectivity index (χ0n) is 9.38. The SMILES string of the molecule is Cc1ccc(Br)cc1Oc1nc(N)c(F)cc1F. The number of nitrogen functional groups attached to an aromatic ring is 1. The normalized spacial score (nSPS) is 10.4. The number of nitrogens with zero attached hydrogens (tertiary/aromatic N) is 1. The Morgan fingerprint density at radius 2 is 1.94 bits per heavy atom. The van der Waals surface area contributed by atoms with Gasteiger partial charge >= 0.3 is 0 Å². The molecule has 6 heteroatoms.